The van der Waals surface area contributed by atoms with Gasteiger partial charge in [-0.15, -0.1) is 0 Å². The third-order valence-electron chi connectivity index (χ3n) is 3.05. The summed E-state index contributed by atoms with van der Waals surface area (Å²) in [5.74, 6) is 0.135. The Balaban J connectivity index is 1.80. The molecule has 0 aliphatic heterocycles. The molecule has 1 aromatic heterocycles. The fourth-order valence-electron chi connectivity index (χ4n) is 2.00. The predicted molar refractivity (Wildman–Crippen MR) is 75.1 cm³/mol. The van der Waals surface area contributed by atoms with E-state index in [1.807, 2.05) is 12.1 Å². The topological polar surface area (TPSA) is 86.2 Å². The molecule has 0 atom stereocenters. The fraction of sp³-hybridized carbons (Fsp3) is 0.0667. The molecule has 0 aliphatic carbocycles. The van der Waals surface area contributed by atoms with E-state index in [0.717, 1.165) is 0 Å². The van der Waals surface area contributed by atoms with Crippen LogP contribution in [0.15, 0.2) is 52.9 Å². The monoisotopic (exact) mass is 282 g/mol. The van der Waals surface area contributed by atoms with Gasteiger partial charge in [0.05, 0.1) is 11.3 Å². The smallest absolute Gasteiger partial charge is 0.269 e. The van der Waals surface area contributed by atoms with Crippen molar-refractivity contribution in [3.8, 4) is 0 Å². The van der Waals surface area contributed by atoms with Gasteiger partial charge in [0.25, 0.3) is 5.69 Å². The molecule has 0 saturated carbocycles. The summed E-state index contributed by atoms with van der Waals surface area (Å²) in [7, 11) is 0. The van der Waals surface area contributed by atoms with Crippen molar-refractivity contribution < 1.29 is 14.1 Å². The van der Waals surface area contributed by atoms with Gasteiger partial charge in [0.2, 0.25) is 5.89 Å². The average molecular weight is 282 g/mol. The molecule has 0 unspecified atom stereocenters. The number of nitro benzene ring substituents is 1. The maximum Gasteiger partial charge on any atom is 0.269 e. The number of fused-ring (bicyclic) bond motifs is 1. The lowest BCUT2D eigenvalue weighted by Crippen LogP contribution is -2.03. The SMILES string of the molecule is O=C(Cc1nc2ccccc2o1)c1ccc([N+](=O)[O-])cc1. The number of nitrogens with zero attached hydrogens (tertiary/aromatic N) is 2. The van der Waals surface area contributed by atoms with Gasteiger partial charge in [-0.3, -0.25) is 14.9 Å². The maximum atomic E-state index is 12.1. The lowest BCUT2D eigenvalue weighted by Gasteiger charge is -1.98. The predicted octanol–water partition coefficient (Wildman–Crippen LogP) is 3.16. The summed E-state index contributed by atoms with van der Waals surface area (Å²) in [4.78, 5) is 26.4. The van der Waals surface area contributed by atoms with Gasteiger partial charge >= 0.3 is 0 Å². The summed E-state index contributed by atoms with van der Waals surface area (Å²) >= 11 is 0. The van der Waals surface area contributed by atoms with Gasteiger partial charge in [0, 0.05) is 17.7 Å². The van der Waals surface area contributed by atoms with Crippen molar-refractivity contribution in [3.63, 3.8) is 0 Å². The molecule has 6 nitrogen and oxygen atoms in total. The number of carbonyl (C=O) groups excluding carboxylic acids is 1. The van der Waals surface area contributed by atoms with E-state index >= 15 is 0 Å². The van der Waals surface area contributed by atoms with E-state index in [0.29, 0.717) is 22.6 Å². The van der Waals surface area contributed by atoms with E-state index in [1.165, 1.54) is 24.3 Å². The number of para-hydroxylation sites is 2. The van der Waals surface area contributed by atoms with Crippen LogP contribution in [0, 0.1) is 10.1 Å². The Morgan fingerprint density at radius 2 is 1.86 bits per heavy atom. The Morgan fingerprint density at radius 1 is 1.14 bits per heavy atom. The van der Waals surface area contributed by atoms with Gasteiger partial charge in [0.15, 0.2) is 11.4 Å². The molecular weight excluding hydrogens is 272 g/mol. The summed E-state index contributed by atoms with van der Waals surface area (Å²) in [6.07, 6.45) is 0.0203. The van der Waals surface area contributed by atoms with Crippen LogP contribution in [0.1, 0.15) is 16.2 Å². The second-order valence-corrected chi connectivity index (χ2v) is 4.48. The zero-order valence-corrected chi connectivity index (χ0v) is 10.9. The number of ketones is 1. The van der Waals surface area contributed by atoms with Crippen LogP contribution in [0.5, 0.6) is 0 Å². The second kappa shape index (κ2) is 5.16. The quantitative estimate of drug-likeness (QED) is 0.416. The highest BCUT2D eigenvalue weighted by atomic mass is 16.6. The molecule has 21 heavy (non-hydrogen) atoms. The number of aromatic nitrogens is 1. The molecule has 0 fully saturated rings. The zero-order valence-electron chi connectivity index (χ0n) is 10.9. The normalized spacial score (nSPS) is 10.7. The molecule has 2 aromatic carbocycles. The first-order valence-electron chi connectivity index (χ1n) is 6.25. The molecule has 104 valence electrons. The van der Waals surface area contributed by atoms with Gasteiger partial charge in [-0.25, -0.2) is 4.98 Å². The highest BCUT2D eigenvalue weighted by molar-refractivity contribution is 5.97. The van der Waals surface area contributed by atoms with Gasteiger partial charge in [-0.2, -0.15) is 0 Å². The lowest BCUT2D eigenvalue weighted by atomic mass is 10.1. The van der Waals surface area contributed by atoms with E-state index in [-0.39, 0.29) is 17.9 Å². The second-order valence-electron chi connectivity index (χ2n) is 4.48. The van der Waals surface area contributed by atoms with Crippen molar-refractivity contribution in [2.24, 2.45) is 0 Å². The Morgan fingerprint density at radius 3 is 2.52 bits per heavy atom. The first-order valence-corrected chi connectivity index (χ1v) is 6.25. The third kappa shape index (κ3) is 2.64. The number of Topliss-reactive ketones (excluding diaryl/α,β-unsaturated/α-hetero) is 1. The number of hydrogen-bond acceptors (Lipinski definition) is 5. The average Bonchev–Trinajstić information content (AvgIpc) is 2.89. The molecule has 0 saturated heterocycles. The summed E-state index contributed by atoms with van der Waals surface area (Å²) < 4.78 is 5.48. The van der Waals surface area contributed by atoms with Crippen LogP contribution in [0.3, 0.4) is 0 Å². The first kappa shape index (κ1) is 13.0. The number of rotatable bonds is 4. The van der Waals surface area contributed by atoms with E-state index in [1.54, 1.807) is 12.1 Å². The van der Waals surface area contributed by atoms with Crippen LogP contribution in [0.4, 0.5) is 5.69 Å². The molecule has 3 aromatic rings. The molecular formula is C15H10N2O4. The zero-order chi connectivity index (χ0) is 14.8. The van der Waals surface area contributed by atoms with Crippen LogP contribution in [-0.4, -0.2) is 15.7 Å². The number of oxazole rings is 1. The van der Waals surface area contributed by atoms with Crippen molar-refractivity contribution in [2.45, 2.75) is 6.42 Å². The van der Waals surface area contributed by atoms with Crippen LogP contribution >= 0.6 is 0 Å². The van der Waals surface area contributed by atoms with Crippen molar-refractivity contribution in [2.75, 3.05) is 0 Å². The number of carbonyl (C=O) groups is 1. The Labute approximate surface area is 119 Å². The van der Waals surface area contributed by atoms with Crippen molar-refractivity contribution in [1.29, 1.82) is 0 Å². The number of nitro groups is 1. The number of benzene rings is 2. The van der Waals surface area contributed by atoms with E-state index in [9.17, 15) is 14.9 Å². The standard InChI is InChI=1S/C15H10N2O4/c18-13(10-5-7-11(8-6-10)17(19)20)9-15-16-12-3-1-2-4-14(12)21-15/h1-8H,9H2. The van der Waals surface area contributed by atoms with Crippen molar-refractivity contribution in [3.05, 3.63) is 70.1 Å². The summed E-state index contributed by atoms with van der Waals surface area (Å²) in [5, 5.41) is 10.6. The van der Waals surface area contributed by atoms with Crippen LogP contribution in [0.25, 0.3) is 11.1 Å². The fourth-order valence-corrected chi connectivity index (χ4v) is 2.00. The lowest BCUT2D eigenvalue weighted by molar-refractivity contribution is -0.384. The van der Waals surface area contributed by atoms with Crippen molar-refractivity contribution in [1.82, 2.24) is 4.98 Å². The minimum atomic E-state index is -0.505. The number of non-ortho nitro benzene ring substituents is 1. The van der Waals surface area contributed by atoms with Gasteiger partial charge in [0.1, 0.15) is 5.52 Å². The molecule has 0 N–H and O–H groups in total. The van der Waals surface area contributed by atoms with Gasteiger partial charge in [-0.05, 0) is 24.3 Å². The Kier molecular flexibility index (Phi) is 3.19. The summed E-state index contributed by atoms with van der Waals surface area (Å²) in [6.45, 7) is 0. The van der Waals surface area contributed by atoms with Gasteiger partial charge in [-0.1, -0.05) is 12.1 Å². The molecule has 0 bridgehead atoms. The van der Waals surface area contributed by atoms with Crippen LogP contribution in [-0.2, 0) is 6.42 Å². The molecule has 0 amide bonds. The first-order chi connectivity index (χ1) is 10.1. The highest BCUT2D eigenvalue weighted by Crippen LogP contribution is 2.17. The van der Waals surface area contributed by atoms with Crippen LogP contribution in [0.2, 0.25) is 0 Å². The molecule has 0 spiro atoms. The highest BCUT2D eigenvalue weighted by Gasteiger charge is 2.13. The minimum Gasteiger partial charge on any atom is -0.440 e. The van der Waals surface area contributed by atoms with E-state index < -0.39 is 4.92 Å². The molecule has 6 heteroatoms. The van der Waals surface area contributed by atoms with Crippen LogP contribution < -0.4 is 0 Å². The largest absolute Gasteiger partial charge is 0.440 e. The maximum absolute atomic E-state index is 12.1. The third-order valence-corrected chi connectivity index (χ3v) is 3.05. The van der Waals surface area contributed by atoms with E-state index in [2.05, 4.69) is 4.98 Å². The minimum absolute atomic E-state index is 0.0203. The number of hydrogen-bond donors (Lipinski definition) is 0. The molecule has 0 radical (unpaired) electrons. The van der Waals surface area contributed by atoms with Crippen molar-refractivity contribution >= 4 is 22.6 Å². The van der Waals surface area contributed by atoms with E-state index in [4.69, 9.17) is 4.42 Å². The molecule has 0 aliphatic rings. The Bertz CT molecular complexity index is 788. The van der Waals surface area contributed by atoms with Gasteiger partial charge < -0.3 is 4.42 Å². The molecule has 1 heterocycles. The summed E-state index contributed by atoms with van der Waals surface area (Å²) in [6, 6.07) is 12.7. The summed E-state index contributed by atoms with van der Waals surface area (Å²) in [5.41, 5.74) is 1.67. The Hall–Kier alpha value is -3.02. The molecule has 3 rings (SSSR count).